The summed E-state index contributed by atoms with van der Waals surface area (Å²) in [5.41, 5.74) is -0.829. The maximum Gasteiger partial charge on any atom is 0.236 e. The molecule has 6 heteroatoms. The molecule has 0 saturated heterocycles. The number of methoxy groups -OCH3 is 1. The monoisotopic (exact) mass is 322 g/mol. The van der Waals surface area contributed by atoms with Gasteiger partial charge in [-0.05, 0) is 18.6 Å². The Morgan fingerprint density at radius 2 is 2.14 bits per heavy atom. The van der Waals surface area contributed by atoms with Gasteiger partial charge in [0, 0.05) is 18.4 Å². The van der Waals surface area contributed by atoms with E-state index >= 15 is 0 Å². The van der Waals surface area contributed by atoms with Crippen LogP contribution in [0, 0.1) is 12.8 Å². The van der Waals surface area contributed by atoms with Gasteiger partial charge in [-0.25, -0.2) is 0 Å². The van der Waals surface area contributed by atoms with Crippen LogP contribution in [-0.2, 0) is 9.53 Å². The van der Waals surface area contributed by atoms with E-state index in [0.29, 0.717) is 17.7 Å². The number of hydrogen-bond donors (Lipinski definition) is 1. The van der Waals surface area contributed by atoms with E-state index in [4.69, 9.17) is 21.1 Å². The van der Waals surface area contributed by atoms with Gasteiger partial charge in [0.1, 0.15) is 10.8 Å². The Balaban J connectivity index is 2.19. The van der Waals surface area contributed by atoms with Crippen molar-refractivity contribution in [3.05, 3.63) is 34.1 Å². The molecule has 0 amide bonds. The second-order valence-electron chi connectivity index (χ2n) is 5.68. The number of allylic oxidation sites excluding steroid dienone is 1. The van der Waals surface area contributed by atoms with Gasteiger partial charge < -0.3 is 14.6 Å². The van der Waals surface area contributed by atoms with E-state index in [1.165, 1.54) is 19.3 Å². The fourth-order valence-electron chi connectivity index (χ4n) is 3.15. The third-order valence-corrected chi connectivity index (χ3v) is 4.71. The Hall–Kier alpha value is -2.01. The minimum atomic E-state index is -1.62. The molecule has 0 aromatic heterocycles. The predicted molar refractivity (Wildman–Crippen MR) is 79.4 cm³/mol. The van der Waals surface area contributed by atoms with Crippen LogP contribution in [0.1, 0.15) is 29.3 Å². The number of hydrogen-bond acceptors (Lipinski definition) is 5. The van der Waals surface area contributed by atoms with Crippen molar-refractivity contribution in [2.75, 3.05) is 7.11 Å². The van der Waals surface area contributed by atoms with Gasteiger partial charge in [0.05, 0.1) is 18.4 Å². The summed E-state index contributed by atoms with van der Waals surface area (Å²) in [5, 5.41) is 9.76. The van der Waals surface area contributed by atoms with Crippen LogP contribution in [0.15, 0.2) is 17.9 Å². The number of benzene rings is 1. The first-order valence-electron chi connectivity index (χ1n) is 6.87. The first-order valence-corrected chi connectivity index (χ1v) is 7.25. The molecule has 3 rings (SSSR count). The number of halogens is 1. The molecule has 1 heterocycles. The SMILES string of the molecule is COC1=CC(=O)C2(Oc3c(Cl)c(O)cc(C)c3C2=O)C(C)C1. The zero-order valence-corrected chi connectivity index (χ0v) is 13.2. The number of carbonyl (C=O) groups is 2. The molecule has 1 aromatic carbocycles. The van der Waals surface area contributed by atoms with Gasteiger partial charge in [-0.3, -0.25) is 9.59 Å². The largest absolute Gasteiger partial charge is 0.506 e. The summed E-state index contributed by atoms with van der Waals surface area (Å²) in [6.07, 6.45) is 1.71. The lowest BCUT2D eigenvalue weighted by Gasteiger charge is -2.34. The van der Waals surface area contributed by atoms with Gasteiger partial charge in [0.15, 0.2) is 5.75 Å². The number of aryl methyl sites for hydroxylation is 1. The summed E-state index contributed by atoms with van der Waals surface area (Å²) in [5.74, 6) is -0.853. The number of aromatic hydroxyl groups is 1. The number of phenolic OH excluding ortho intramolecular Hbond substituents is 1. The van der Waals surface area contributed by atoms with Crippen molar-refractivity contribution >= 4 is 23.2 Å². The minimum Gasteiger partial charge on any atom is -0.506 e. The lowest BCUT2D eigenvalue weighted by atomic mass is 9.74. The number of fused-ring (bicyclic) bond motifs is 1. The summed E-state index contributed by atoms with van der Waals surface area (Å²) in [6, 6.07) is 1.40. The molecule has 2 aliphatic rings. The number of Topliss-reactive ketones (excluding diaryl/α,β-unsaturated/α-hetero) is 1. The van der Waals surface area contributed by atoms with E-state index in [0.717, 1.165) is 0 Å². The van der Waals surface area contributed by atoms with Crippen LogP contribution < -0.4 is 4.74 Å². The van der Waals surface area contributed by atoms with E-state index in [9.17, 15) is 14.7 Å². The predicted octanol–water partition coefficient (Wildman–Crippen LogP) is 2.81. The molecule has 0 bridgehead atoms. The summed E-state index contributed by atoms with van der Waals surface area (Å²) in [6.45, 7) is 3.43. The second kappa shape index (κ2) is 4.74. The number of ether oxygens (including phenoxy) is 2. The van der Waals surface area contributed by atoms with Gasteiger partial charge in [-0.15, -0.1) is 0 Å². The number of phenols is 1. The molecule has 22 heavy (non-hydrogen) atoms. The summed E-state index contributed by atoms with van der Waals surface area (Å²) in [7, 11) is 1.48. The summed E-state index contributed by atoms with van der Waals surface area (Å²) in [4.78, 5) is 25.5. The lowest BCUT2D eigenvalue weighted by molar-refractivity contribution is -0.129. The Kier molecular flexibility index (Phi) is 3.22. The van der Waals surface area contributed by atoms with Crippen molar-refractivity contribution in [1.82, 2.24) is 0 Å². The molecule has 2 unspecified atom stereocenters. The minimum absolute atomic E-state index is 0.0488. The fraction of sp³-hybridized carbons (Fsp3) is 0.375. The molecular weight excluding hydrogens is 308 g/mol. The maximum atomic E-state index is 12.9. The molecule has 1 aromatic rings. The normalized spacial score (nSPS) is 26.7. The van der Waals surface area contributed by atoms with Gasteiger partial charge in [0.25, 0.3) is 0 Å². The second-order valence-corrected chi connectivity index (χ2v) is 6.06. The molecule has 1 spiro atoms. The third kappa shape index (κ3) is 1.72. The zero-order chi connectivity index (χ0) is 16.2. The molecule has 1 aliphatic carbocycles. The molecule has 2 atom stereocenters. The van der Waals surface area contributed by atoms with Crippen LogP contribution in [0.5, 0.6) is 11.5 Å². The van der Waals surface area contributed by atoms with Crippen molar-refractivity contribution < 1.29 is 24.2 Å². The highest BCUT2D eigenvalue weighted by Crippen LogP contribution is 2.50. The molecule has 1 N–H and O–H groups in total. The molecule has 116 valence electrons. The number of carbonyl (C=O) groups excluding carboxylic acids is 2. The topological polar surface area (TPSA) is 72.8 Å². The van der Waals surface area contributed by atoms with E-state index in [1.807, 2.05) is 0 Å². The molecular formula is C16H15ClO5. The first kappa shape index (κ1) is 14.9. The zero-order valence-electron chi connectivity index (χ0n) is 12.4. The van der Waals surface area contributed by atoms with Crippen molar-refractivity contribution in [3.63, 3.8) is 0 Å². The van der Waals surface area contributed by atoms with Crippen LogP contribution in [0.4, 0.5) is 0 Å². The van der Waals surface area contributed by atoms with Crippen LogP contribution >= 0.6 is 11.6 Å². The van der Waals surface area contributed by atoms with Crippen LogP contribution in [0.3, 0.4) is 0 Å². The van der Waals surface area contributed by atoms with Crippen molar-refractivity contribution in [2.24, 2.45) is 5.92 Å². The van der Waals surface area contributed by atoms with E-state index < -0.39 is 23.1 Å². The van der Waals surface area contributed by atoms with Crippen molar-refractivity contribution in [2.45, 2.75) is 25.9 Å². The van der Waals surface area contributed by atoms with Crippen LogP contribution in [0.2, 0.25) is 5.02 Å². The smallest absolute Gasteiger partial charge is 0.236 e. The Morgan fingerprint density at radius 3 is 2.73 bits per heavy atom. The summed E-state index contributed by atoms with van der Waals surface area (Å²) < 4.78 is 10.9. The number of ketones is 2. The van der Waals surface area contributed by atoms with Crippen LogP contribution in [-0.4, -0.2) is 29.4 Å². The van der Waals surface area contributed by atoms with E-state index in [-0.39, 0.29) is 22.1 Å². The van der Waals surface area contributed by atoms with Crippen molar-refractivity contribution in [3.8, 4) is 11.5 Å². The molecule has 0 radical (unpaired) electrons. The summed E-state index contributed by atoms with van der Waals surface area (Å²) >= 11 is 6.05. The first-order chi connectivity index (χ1) is 10.3. The van der Waals surface area contributed by atoms with Gasteiger partial charge in [0.2, 0.25) is 17.2 Å². The van der Waals surface area contributed by atoms with Gasteiger partial charge in [-0.1, -0.05) is 18.5 Å². The highest BCUT2D eigenvalue weighted by Gasteiger charge is 2.59. The van der Waals surface area contributed by atoms with E-state index in [1.54, 1.807) is 13.8 Å². The molecule has 5 nitrogen and oxygen atoms in total. The van der Waals surface area contributed by atoms with Crippen LogP contribution in [0.25, 0.3) is 0 Å². The Labute approximate surface area is 132 Å². The third-order valence-electron chi connectivity index (χ3n) is 4.35. The lowest BCUT2D eigenvalue weighted by Crippen LogP contribution is -2.54. The van der Waals surface area contributed by atoms with Gasteiger partial charge in [-0.2, -0.15) is 0 Å². The average Bonchev–Trinajstić information content (AvgIpc) is 2.78. The Bertz CT molecular complexity index is 737. The molecule has 1 aliphatic heterocycles. The highest BCUT2D eigenvalue weighted by atomic mass is 35.5. The van der Waals surface area contributed by atoms with Gasteiger partial charge >= 0.3 is 0 Å². The Morgan fingerprint density at radius 1 is 1.45 bits per heavy atom. The average molecular weight is 323 g/mol. The molecule has 0 saturated carbocycles. The number of rotatable bonds is 1. The fourth-order valence-corrected chi connectivity index (χ4v) is 3.33. The molecule has 0 fully saturated rings. The quantitative estimate of drug-likeness (QED) is 0.805. The van der Waals surface area contributed by atoms with E-state index in [2.05, 4.69) is 0 Å². The standard InChI is InChI=1S/C16H15ClO5/c1-7-4-10(18)13(17)14-12(7)15(20)16(22-14)8(2)5-9(21-3)6-11(16)19/h4,6,8,18H,5H2,1-3H3. The van der Waals surface area contributed by atoms with Crippen molar-refractivity contribution in [1.29, 1.82) is 0 Å². The maximum absolute atomic E-state index is 12.9. The highest BCUT2D eigenvalue weighted by molar-refractivity contribution is 6.36.